The number of aromatic nitrogens is 1. The van der Waals surface area contributed by atoms with Gasteiger partial charge in [0.25, 0.3) is 0 Å². The summed E-state index contributed by atoms with van der Waals surface area (Å²) in [5, 5.41) is 0. The Bertz CT molecular complexity index is 272. The molecule has 0 spiro atoms. The van der Waals surface area contributed by atoms with Crippen molar-refractivity contribution in [3.05, 3.63) is 23.4 Å². The topological polar surface area (TPSA) is 39.2 Å². The van der Waals surface area contributed by atoms with Gasteiger partial charge < -0.3 is 4.74 Å². The molecule has 1 heterocycles. The molecule has 0 aliphatic heterocycles. The summed E-state index contributed by atoms with van der Waals surface area (Å²) in [6.45, 7) is 5.77. The Kier molecular flexibility index (Phi) is 5.52. The number of aldehydes is 1. The molecule has 0 aliphatic carbocycles. The fourth-order valence-corrected chi connectivity index (χ4v) is 0.787. The highest BCUT2D eigenvalue weighted by Crippen LogP contribution is 2.09. The van der Waals surface area contributed by atoms with Crippen LogP contribution < -0.4 is 4.74 Å². The molecule has 0 unspecified atom stereocenters. The predicted molar refractivity (Wildman–Crippen MR) is 52.3 cm³/mol. The van der Waals surface area contributed by atoms with Crippen LogP contribution in [0.2, 0.25) is 0 Å². The van der Waals surface area contributed by atoms with Crippen LogP contribution in [0.4, 0.5) is 0 Å². The molecule has 0 saturated carbocycles. The second-order valence-corrected chi connectivity index (χ2v) is 2.15. The van der Waals surface area contributed by atoms with Crippen molar-refractivity contribution in [2.24, 2.45) is 0 Å². The monoisotopic (exact) mass is 181 g/mol. The first kappa shape index (κ1) is 11.6. The number of hydrogen-bond acceptors (Lipinski definition) is 3. The van der Waals surface area contributed by atoms with E-state index in [1.807, 2.05) is 13.8 Å². The van der Waals surface area contributed by atoms with Crippen LogP contribution in [-0.2, 0) is 0 Å². The number of carbonyl (C=O) groups excluding carboxylic acids is 1. The Hall–Kier alpha value is -1.38. The molecule has 0 amide bonds. The third-order valence-electron chi connectivity index (χ3n) is 1.44. The summed E-state index contributed by atoms with van der Waals surface area (Å²) in [6.07, 6.45) is 0.780. The number of pyridine rings is 1. The summed E-state index contributed by atoms with van der Waals surface area (Å²) in [4.78, 5) is 14.4. The van der Waals surface area contributed by atoms with Crippen LogP contribution in [0, 0.1) is 6.92 Å². The molecule has 0 N–H and O–H groups in total. The van der Waals surface area contributed by atoms with Crippen LogP contribution in [0.15, 0.2) is 12.1 Å². The van der Waals surface area contributed by atoms with Gasteiger partial charge in [0, 0.05) is 11.6 Å². The largest absolute Gasteiger partial charge is 0.481 e. The second-order valence-electron chi connectivity index (χ2n) is 2.15. The first-order valence-corrected chi connectivity index (χ1v) is 4.24. The molecule has 0 aromatic carbocycles. The molecule has 3 heteroatoms. The van der Waals surface area contributed by atoms with Crippen molar-refractivity contribution in [1.29, 1.82) is 0 Å². The van der Waals surface area contributed by atoms with E-state index in [-0.39, 0.29) is 0 Å². The van der Waals surface area contributed by atoms with Crippen LogP contribution in [0.5, 0.6) is 5.88 Å². The van der Waals surface area contributed by atoms with Crippen LogP contribution >= 0.6 is 0 Å². The normalized spacial score (nSPS) is 8.31. The van der Waals surface area contributed by atoms with Crippen LogP contribution in [-0.4, -0.2) is 18.4 Å². The van der Waals surface area contributed by atoms with E-state index in [0.29, 0.717) is 17.1 Å². The van der Waals surface area contributed by atoms with Crippen molar-refractivity contribution in [2.45, 2.75) is 20.8 Å². The van der Waals surface area contributed by atoms with Gasteiger partial charge in [0.2, 0.25) is 5.88 Å². The number of rotatable bonds is 2. The van der Waals surface area contributed by atoms with Gasteiger partial charge in [-0.25, -0.2) is 4.98 Å². The highest BCUT2D eigenvalue weighted by atomic mass is 16.5. The Morgan fingerprint density at radius 2 is 2.00 bits per heavy atom. The third-order valence-corrected chi connectivity index (χ3v) is 1.44. The fourth-order valence-electron chi connectivity index (χ4n) is 0.787. The molecule has 72 valence electrons. The lowest BCUT2D eigenvalue weighted by atomic mass is 10.2. The van der Waals surface area contributed by atoms with Gasteiger partial charge in [-0.1, -0.05) is 13.8 Å². The average molecular weight is 181 g/mol. The molecule has 0 saturated heterocycles. The Labute approximate surface area is 78.8 Å². The fraction of sp³-hybridized carbons (Fsp3) is 0.400. The zero-order valence-corrected chi connectivity index (χ0v) is 8.50. The first-order chi connectivity index (χ1) is 6.27. The zero-order chi connectivity index (χ0) is 10.3. The van der Waals surface area contributed by atoms with Crippen molar-refractivity contribution in [3.63, 3.8) is 0 Å². The van der Waals surface area contributed by atoms with E-state index in [2.05, 4.69) is 4.98 Å². The molecule has 0 radical (unpaired) electrons. The van der Waals surface area contributed by atoms with Crippen LogP contribution in [0.25, 0.3) is 0 Å². The predicted octanol–water partition coefficient (Wildman–Crippen LogP) is 2.24. The number of nitrogens with zero attached hydrogens (tertiary/aromatic N) is 1. The van der Waals surface area contributed by atoms with Gasteiger partial charge in [0.05, 0.1) is 12.8 Å². The summed E-state index contributed by atoms with van der Waals surface area (Å²) in [7, 11) is 1.54. The van der Waals surface area contributed by atoms with Crippen LogP contribution in [0.3, 0.4) is 0 Å². The molecule has 13 heavy (non-hydrogen) atoms. The van der Waals surface area contributed by atoms with Gasteiger partial charge in [-0.05, 0) is 13.0 Å². The molecule has 0 aliphatic rings. The van der Waals surface area contributed by atoms with E-state index in [4.69, 9.17) is 4.74 Å². The minimum atomic E-state index is 0.535. The number of methoxy groups -OCH3 is 1. The van der Waals surface area contributed by atoms with Gasteiger partial charge in [-0.15, -0.1) is 0 Å². The maximum atomic E-state index is 10.3. The molecular weight excluding hydrogens is 166 g/mol. The maximum Gasteiger partial charge on any atom is 0.213 e. The quantitative estimate of drug-likeness (QED) is 0.657. The molecule has 1 rings (SSSR count). The van der Waals surface area contributed by atoms with Gasteiger partial charge in [0.1, 0.15) is 0 Å². The Balaban J connectivity index is 0.000000671. The highest BCUT2D eigenvalue weighted by Gasteiger charge is 1.98. The lowest BCUT2D eigenvalue weighted by Crippen LogP contribution is -1.93. The SMILES string of the molecule is CC.COc1ccc(C=O)c(C)n1. The van der Waals surface area contributed by atoms with Gasteiger partial charge in [-0.2, -0.15) is 0 Å². The number of hydrogen-bond donors (Lipinski definition) is 0. The molecule has 1 aromatic heterocycles. The van der Waals surface area contributed by atoms with Crippen LogP contribution in [0.1, 0.15) is 29.9 Å². The smallest absolute Gasteiger partial charge is 0.213 e. The second kappa shape index (κ2) is 6.17. The van der Waals surface area contributed by atoms with E-state index in [1.165, 1.54) is 0 Å². The lowest BCUT2D eigenvalue weighted by molar-refractivity contribution is 0.112. The van der Waals surface area contributed by atoms with E-state index in [1.54, 1.807) is 26.2 Å². The average Bonchev–Trinajstić information content (AvgIpc) is 2.20. The molecule has 3 nitrogen and oxygen atoms in total. The maximum absolute atomic E-state index is 10.3. The summed E-state index contributed by atoms with van der Waals surface area (Å²) in [6, 6.07) is 3.35. The third kappa shape index (κ3) is 3.23. The molecule has 0 bridgehead atoms. The Morgan fingerprint density at radius 1 is 1.38 bits per heavy atom. The molecular formula is C10H15NO2. The minimum Gasteiger partial charge on any atom is -0.481 e. The minimum absolute atomic E-state index is 0.535. The lowest BCUT2D eigenvalue weighted by Gasteiger charge is -2.00. The molecule has 1 aromatic rings. The van der Waals surface area contributed by atoms with Crippen molar-refractivity contribution in [2.75, 3.05) is 7.11 Å². The van der Waals surface area contributed by atoms with Crippen molar-refractivity contribution < 1.29 is 9.53 Å². The van der Waals surface area contributed by atoms with Gasteiger partial charge in [0.15, 0.2) is 6.29 Å². The summed E-state index contributed by atoms with van der Waals surface area (Å²) >= 11 is 0. The number of aryl methyl sites for hydroxylation is 1. The van der Waals surface area contributed by atoms with Crippen molar-refractivity contribution in [3.8, 4) is 5.88 Å². The van der Waals surface area contributed by atoms with E-state index in [9.17, 15) is 4.79 Å². The number of ether oxygens (including phenoxy) is 1. The van der Waals surface area contributed by atoms with E-state index >= 15 is 0 Å². The standard InChI is InChI=1S/C8H9NO2.C2H6/c1-6-7(5-10)3-4-8(9-6)11-2;1-2/h3-5H,1-2H3;1-2H3. The first-order valence-electron chi connectivity index (χ1n) is 4.24. The zero-order valence-electron chi connectivity index (χ0n) is 8.50. The summed E-state index contributed by atoms with van der Waals surface area (Å²) < 4.78 is 4.87. The summed E-state index contributed by atoms with van der Waals surface area (Å²) in [5.41, 5.74) is 1.30. The molecule has 0 atom stereocenters. The van der Waals surface area contributed by atoms with E-state index < -0.39 is 0 Å². The Morgan fingerprint density at radius 3 is 2.38 bits per heavy atom. The van der Waals surface area contributed by atoms with Gasteiger partial charge in [-0.3, -0.25) is 4.79 Å². The number of carbonyl (C=O) groups is 1. The highest BCUT2D eigenvalue weighted by molar-refractivity contribution is 5.76. The van der Waals surface area contributed by atoms with Gasteiger partial charge >= 0.3 is 0 Å². The van der Waals surface area contributed by atoms with Crippen molar-refractivity contribution >= 4 is 6.29 Å². The summed E-state index contributed by atoms with van der Waals surface area (Å²) in [5.74, 6) is 0.535. The molecule has 0 fully saturated rings. The van der Waals surface area contributed by atoms with E-state index in [0.717, 1.165) is 6.29 Å². The van der Waals surface area contributed by atoms with Crippen molar-refractivity contribution in [1.82, 2.24) is 4.98 Å².